The van der Waals surface area contributed by atoms with E-state index in [9.17, 15) is 50.0 Å². The fourth-order valence-electron chi connectivity index (χ4n) is 7.10. The van der Waals surface area contributed by atoms with E-state index < -0.39 is 75.2 Å². The van der Waals surface area contributed by atoms with Crippen molar-refractivity contribution in [2.75, 3.05) is 6.61 Å². The average Bonchev–Trinajstić information content (AvgIpc) is 3.19. The zero-order chi connectivity index (χ0) is 43.0. The summed E-state index contributed by atoms with van der Waals surface area (Å²) < 4.78 is 22.7. The highest BCUT2D eigenvalue weighted by molar-refractivity contribution is 7.47. The smallest absolute Gasteiger partial charge is 0.393 e. The lowest BCUT2D eigenvalue weighted by atomic mass is 9.85. The van der Waals surface area contributed by atoms with Gasteiger partial charge < -0.3 is 46.0 Å². The fraction of sp³-hybridized carbons (Fsp3) is 0.841. The first-order valence-corrected chi connectivity index (χ1v) is 24.0. The van der Waals surface area contributed by atoms with Crippen molar-refractivity contribution >= 4 is 13.7 Å². The Balaban J connectivity index is 2.46. The minimum Gasteiger partial charge on any atom is -0.393 e. The van der Waals surface area contributed by atoms with E-state index in [2.05, 4.69) is 24.4 Å². The van der Waals surface area contributed by atoms with Gasteiger partial charge in [0.1, 0.15) is 36.6 Å². The Labute approximate surface area is 349 Å². The summed E-state index contributed by atoms with van der Waals surface area (Å²) in [7, 11) is -5.14. The molecule has 1 saturated carbocycles. The first kappa shape index (κ1) is 54.5. The second kappa shape index (κ2) is 34.1. The number of hydrogen-bond acceptors (Lipinski definition) is 11. The summed E-state index contributed by atoms with van der Waals surface area (Å²) in [5.74, 6) is -0.609. The third-order valence-corrected chi connectivity index (χ3v) is 11.8. The molecule has 58 heavy (non-hydrogen) atoms. The first-order valence-electron chi connectivity index (χ1n) is 22.5. The molecule has 8 unspecified atom stereocenters. The summed E-state index contributed by atoms with van der Waals surface area (Å²) in [5, 5.41) is 74.1. The van der Waals surface area contributed by atoms with E-state index >= 15 is 0 Å². The predicted molar refractivity (Wildman–Crippen MR) is 229 cm³/mol. The van der Waals surface area contributed by atoms with Gasteiger partial charge in [0.05, 0.1) is 31.3 Å². The van der Waals surface area contributed by atoms with Crippen molar-refractivity contribution in [3.8, 4) is 0 Å². The molecule has 340 valence electrons. The van der Waals surface area contributed by atoms with Gasteiger partial charge in [-0.3, -0.25) is 13.8 Å². The molecule has 0 bridgehead atoms. The van der Waals surface area contributed by atoms with Crippen LogP contribution in [0.1, 0.15) is 174 Å². The molecule has 13 nitrogen and oxygen atoms in total. The topological polar surface area (TPSA) is 226 Å². The first-order chi connectivity index (χ1) is 27.8. The molecule has 1 fully saturated rings. The molecule has 0 heterocycles. The van der Waals surface area contributed by atoms with Crippen LogP contribution in [0.2, 0.25) is 0 Å². The number of nitrogens with one attached hydrogen (secondary N) is 1. The van der Waals surface area contributed by atoms with Gasteiger partial charge >= 0.3 is 7.82 Å². The molecular weight excluding hydrogens is 765 g/mol. The Kier molecular flexibility index (Phi) is 32.1. The number of carbonyl (C=O) groups is 1. The molecule has 1 aliphatic carbocycles. The maximum absolute atomic E-state index is 12.9. The lowest BCUT2D eigenvalue weighted by Gasteiger charge is -2.41. The third-order valence-electron chi connectivity index (χ3n) is 10.8. The summed E-state index contributed by atoms with van der Waals surface area (Å²) in [6.07, 6.45) is 24.3. The highest BCUT2D eigenvalue weighted by Gasteiger charge is 2.51. The van der Waals surface area contributed by atoms with Gasteiger partial charge in [-0.1, -0.05) is 165 Å². The zero-order valence-electron chi connectivity index (χ0n) is 35.7. The van der Waals surface area contributed by atoms with Crippen molar-refractivity contribution in [1.82, 2.24) is 5.32 Å². The van der Waals surface area contributed by atoms with E-state index in [-0.39, 0.29) is 6.42 Å². The van der Waals surface area contributed by atoms with Crippen molar-refractivity contribution in [1.29, 1.82) is 0 Å². The van der Waals surface area contributed by atoms with Gasteiger partial charge in [-0.15, -0.1) is 0 Å². The highest BCUT2D eigenvalue weighted by atomic mass is 31.2. The second-order valence-corrected chi connectivity index (χ2v) is 17.5. The van der Waals surface area contributed by atoms with Gasteiger partial charge in [-0.25, -0.2) is 4.57 Å². The van der Waals surface area contributed by atoms with E-state index in [4.69, 9.17) is 9.05 Å². The van der Waals surface area contributed by atoms with Gasteiger partial charge in [-0.05, 0) is 39.0 Å². The van der Waals surface area contributed by atoms with Crippen LogP contribution in [-0.2, 0) is 18.4 Å². The number of rotatable bonds is 36. The van der Waals surface area contributed by atoms with E-state index in [1.54, 1.807) is 6.08 Å². The number of phosphoric ester groups is 1. The number of allylic oxidation sites excluding steroid dienone is 5. The maximum atomic E-state index is 12.9. The second-order valence-electron chi connectivity index (χ2n) is 16.1. The van der Waals surface area contributed by atoms with Crippen LogP contribution in [0.25, 0.3) is 0 Å². The van der Waals surface area contributed by atoms with Gasteiger partial charge in [0.25, 0.3) is 0 Å². The minimum absolute atomic E-state index is 0.254. The molecular formula is C44H82NO12P. The van der Waals surface area contributed by atoms with Crippen molar-refractivity contribution in [2.45, 2.75) is 229 Å². The average molecular weight is 848 g/mol. The van der Waals surface area contributed by atoms with Crippen molar-refractivity contribution in [3.05, 3.63) is 36.5 Å². The van der Waals surface area contributed by atoms with E-state index in [1.807, 2.05) is 19.1 Å². The van der Waals surface area contributed by atoms with Gasteiger partial charge in [0.2, 0.25) is 5.91 Å². The van der Waals surface area contributed by atoms with Crippen LogP contribution in [-0.4, -0.2) is 108 Å². The number of carbonyl (C=O) groups excluding carboxylic acids is 1. The third kappa shape index (κ3) is 26.0. The molecule has 0 saturated heterocycles. The Morgan fingerprint density at radius 1 is 0.638 bits per heavy atom. The van der Waals surface area contributed by atoms with Crippen LogP contribution in [0.4, 0.5) is 0 Å². The zero-order valence-corrected chi connectivity index (χ0v) is 36.6. The van der Waals surface area contributed by atoms with Gasteiger partial charge in [-0.2, -0.15) is 0 Å². The normalized spacial score (nSPS) is 24.1. The van der Waals surface area contributed by atoms with Crippen LogP contribution in [0.15, 0.2) is 36.5 Å². The Hall–Kier alpha value is -1.48. The Morgan fingerprint density at radius 3 is 1.52 bits per heavy atom. The number of unbranched alkanes of at least 4 members (excludes halogenated alkanes) is 20. The number of hydrogen-bond donors (Lipinski definition) is 9. The molecule has 1 aliphatic rings. The highest BCUT2D eigenvalue weighted by Crippen LogP contribution is 2.47. The summed E-state index contributed by atoms with van der Waals surface area (Å²) in [5.41, 5.74) is 0. The molecule has 0 aromatic carbocycles. The number of aliphatic hydroxyl groups is 7. The number of aliphatic hydroxyl groups excluding tert-OH is 7. The largest absolute Gasteiger partial charge is 0.472 e. The molecule has 0 radical (unpaired) electrons. The molecule has 1 rings (SSSR count). The standard InChI is InChI=1S/C44H82NO12P/c1-3-5-7-9-11-13-14-15-16-17-18-19-20-21-22-24-25-27-29-31-35(46)33-38(48)45-36(37(47)32-30-28-26-23-12-10-8-6-4-2)34-56-58(54,55)57-44-42(52)40(50)39(49)41(51)43(44)53/h4,6,12,23,30,32,35-37,39-44,46-47,49-53H,3,5,7-11,13-22,24-29,31,33-34H2,1-2H3,(H,45,48)(H,54,55)/b6-4+,23-12+,32-30+. The van der Waals surface area contributed by atoms with Gasteiger partial charge in [0, 0.05) is 0 Å². The molecule has 0 spiro atoms. The lowest BCUT2D eigenvalue weighted by molar-refractivity contribution is -0.220. The molecule has 1 amide bonds. The molecule has 8 atom stereocenters. The number of phosphoric acid groups is 1. The molecule has 0 aliphatic heterocycles. The SMILES string of the molecule is C/C=C/CC/C=C/CC/C=C/C(O)C(COP(=O)(O)OC1C(O)C(O)C(O)C(O)C1O)NC(=O)CC(O)CCCCCCCCCCCCCCCCCCCCC. The summed E-state index contributed by atoms with van der Waals surface area (Å²) in [4.78, 5) is 23.3. The Morgan fingerprint density at radius 2 is 1.05 bits per heavy atom. The molecule has 14 heteroatoms. The van der Waals surface area contributed by atoms with Crippen LogP contribution < -0.4 is 5.32 Å². The van der Waals surface area contributed by atoms with E-state index in [0.717, 1.165) is 38.5 Å². The number of amides is 1. The quantitative estimate of drug-likeness (QED) is 0.0177. The van der Waals surface area contributed by atoms with E-state index in [0.29, 0.717) is 19.3 Å². The Bertz CT molecular complexity index is 1140. The van der Waals surface area contributed by atoms with Crippen LogP contribution in [0, 0.1) is 0 Å². The summed E-state index contributed by atoms with van der Waals surface area (Å²) >= 11 is 0. The van der Waals surface area contributed by atoms with Crippen LogP contribution in [0.5, 0.6) is 0 Å². The van der Waals surface area contributed by atoms with E-state index in [1.165, 1.54) is 102 Å². The fourth-order valence-corrected chi connectivity index (χ4v) is 8.07. The van der Waals surface area contributed by atoms with Gasteiger partial charge in [0.15, 0.2) is 0 Å². The minimum atomic E-state index is -5.14. The van der Waals surface area contributed by atoms with Crippen molar-refractivity contribution in [2.24, 2.45) is 0 Å². The predicted octanol–water partition coefficient (Wildman–Crippen LogP) is 6.97. The summed E-state index contributed by atoms with van der Waals surface area (Å²) in [6.45, 7) is 3.47. The lowest BCUT2D eigenvalue weighted by Crippen LogP contribution is -2.64. The van der Waals surface area contributed by atoms with Crippen molar-refractivity contribution in [3.63, 3.8) is 0 Å². The molecule has 0 aromatic rings. The monoisotopic (exact) mass is 848 g/mol. The maximum Gasteiger partial charge on any atom is 0.472 e. The van der Waals surface area contributed by atoms with Crippen LogP contribution in [0.3, 0.4) is 0 Å². The van der Waals surface area contributed by atoms with Crippen LogP contribution >= 0.6 is 7.82 Å². The molecule has 9 N–H and O–H groups in total. The summed E-state index contributed by atoms with van der Waals surface area (Å²) in [6, 6.07) is -1.26. The van der Waals surface area contributed by atoms with Crippen molar-refractivity contribution < 1.29 is 59.0 Å². The molecule has 0 aromatic heterocycles.